The lowest BCUT2D eigenvalue weighted by molar-refractivity contribution is -0.139. The summed E-state index contributed by atoms with van der Waals surface area (Å²) in [4.78, 5) is 12.9. The van der Waals surface area contributed by atoms with E-state index in [1.54, 1.807) is 18.7 Å². The van der Waals surface area contributed by atoms with Crippen molar-refractivity contribution in [1.82, 2.24) is 0 Å². The minimum atomic E-state index is -0.305. The van der Waals surface area contributed by atoms with Gasteiger partial charge in [0.2, 0.25) is 0 Å². The number of rotatable bonds is 4. The molecule has 1 aromatic rings. The maximum Gasteiger partial charge on any atom is 0.335 e. The molecule has 1 heterocycles. The van der Waals surface area contributed by atoms with Gasteiger partial charge in [-0.1, -0.05) is 30.3 Å². The molecule has 1 atom stereocenters. The summed E-state index contributed by atoms with van der Waals surface area (Å²) >= 11 is 1.61. The number of esters is 1. The van der Waals surface area contributed by atoms with Gasteiger partial charge in [0.1, 0.15) is 0 Å². The number of thioether (sulfide) groups is 1. The van der Waals surface area contributed by atoms with Crippen LogP contribution in [0.5, 0.6) is 0 Å². The molecule has 96 valence electrons. The highest BCUT2D eigenvalue weighted by Crippen LogP contribution is 2.42. The summed E-state index contributed by atoms with van der Waals surface area (Å²) in [5.74, 6) is 0.305. The SMILES string of the molecule is CCOC(=O)C1=C(c2ccccc2)SCC1CO. The molecular weight excluding hydrogens is 248 g/mol. The highest BCUT2D eigenvalue weighted by atomic mass is 32.2. The van der Waals surface area contributed by atoms with E-state index in [9.17, 15) is 9.90 Å². The molecule has 0 amide bonds. The molecule has 0 saturated heterocycles. The number of carbonyl (C=O) groups is 1. The van der Waals surface area contributed by atoms with Crippen LogP contribution in [0, 0.1) is 5.92 Å². The van der Waals surface area contributed by atoms with E-state index >= 15 is 0 Å². The Morgan fingerprint density at radius 2 is 2.17 bits per heavy atom. The maximum absolute atomic E-state index is 12.0. The van der Waals surface area contributed by atoms with Crippen molar-refractivity contribution >= 4 is 22.6 Å². The number of aliphatic hydroxyl groups is 1. The van der Waals surface area contributed by atoms with Crippen LogP contribution in [0.2, 0.25) is 0 Å². The number of hydrogen-bond acceptors (Lipinski definition) is 4. The van der Waals surface area contributed by atoms with Crippen molar-refractivity contribution in [3.63, 3.8) is 0 Å². The van der Waals surface area contributed by atoms with E-state index in [0.29, 0.717) is 12.2 Å². The van der Waals surface area contributed by atoms with Gasteiger partial charge in [0, 0.05) is 16.6 Å². The van der Waals surface area contributed by atoms with Crippen molar-refractivity contribution in [2.24, 2.45) is 5.92 Å². The molecule has 4 heteroatoms. The Morgan fingerprint density at radius 3 is 2.78 bits per heavy atom. The van der Waals surface area contributed by atoms with Crippen molar-refractivity contribution in [2.45, 2.75) is 6.92 Å². The van der Waals surface area contributed by atoms with Crippen LogP contribution in [-0.4, -0.2) is 30.0 Å². The van der Waals surface area contributed by atoms with Gasteiger partial charge in [0.15, 0.2) is 0 Å². The number of carbonyl (C=O) groups excluding carboxylic acids is 1. The number of benzene rings is 1. The monoisotopic (exact) mass is 264 g/mol. The molecule has 3 nitrogen and oxygen atoms in total. The third kappa shape index (κ3) is 2.60. The van der Waals surface area contributed by atoms with Gasteiger partial charge in [0.25, 0.3) is 0 Å². The quantitative estimate of drug-likeness (QED) is 0.848. The Morgan fingerprint density at radius 1 is 1.44 bits per heavy atom. The predicted molar refractivity (Wildman–Crippen MR) is 73.0 cm³/mol. The van der Waals surface area contributed by atoms with Crippen molar-refractivity contribution in [3.05, 3.63) is 41.5 Å². The first-order valence-corrected chi connectivity index (χ1v) is 6.96. The van der Waals surface area contributed by atoms with E-state index in [4.69, 9.17) is 4.74 Å². The highest BCUT2D eigenvalue weighted by molar-refractivity contribution is 8.08. The molecule has 0 aromatic heterocycles. The van der Waals surface area contributed by atoms with Crippen LogP contribution >= 0.6 is 11.8 Å². The van der Waals surface area contributed by atoms with Crippen LogP contribution in [0.1, 0.15) is 12.5 Å². The van der Waals surface area contributed by atoms with Gasteiger partial charge in [-0.2, -0.15) is 0 Å². The highest BCUT2D eigenvalue weighted by Gasteiger charge is 2.32. The zero-order valence-electron chi connectivity index (χ0n) is 10.3. The topological polar surface area (TPSA) is 46.5 Å². The Hall–Kier alpha value is -1.26. The van der Waals surface area contributed by atoms with E-state index in [1.165, 1.54) is 0 Å². The number of hydrogen-bond donors (Lipinski definition) is 1. The molecule has 1 aromatic carbocycles. The van der Waals surface area contributed by atoms with Crippen molar-refractivity contribution < 1.29 is 14.6 Å². The summed E-state index contributed by atoms with van der Waals surface area (Å²) in [6, 6.07) is 9.77. The van der Waals surface area contributed by atoms with E-state index < -0.39 is 0 Å². The Labute approximate surface area is 111 Å². The smallest absolute Gasteiger partial charge is 0.335 e. The first-order chi connectivity index (χ1) is 8.77. The van der Waals surface area contributed by atoms with E-state index in [0.717, 1.165) is 16.2 Å². The average molecular weight is 264 g/mol. The molecule has 1 aliphatic heterocycles. The van der Waals surface area contributed by atoms with Crippen LogP contribution < -0.4 is 0 Å². The predicted octanol–water partition coefficient (Wildman–Crippen LogP) is 2.32. The van der Waals surface area contributed by atoms with Gasteiger partial charge >= 0.3 is 5.97 Å². The molecule has 0 aliphatic carbocycles. The lowest BCUT2D eigenvalue weighted by Crippen LogP contribution is -2.18. The second-order valence-electron chi connectivity index (χ2n) is 4.02. The summed E-state index contributed by atoms with van der Waals surface area (Å²) in [6.45, 7) is 2.13. The van der Waals surface area contributed by atoms with Gasteiger partial charge in [0.05, 0.1) is 18.8 Å². The fraction of sp³-hybridized carbons (Fsp3) is 0.357. The number of aliphatic hydroxyl groups excluding tert-OH is 1. The Balaban J connectivity index is 2.39. The van der Waals surface area contributed by atoms with E-state index in [1.807, 2.05) is 30.3 Å². The molecule has 0 saturated carbocycles. The summed E-state index contributed by atoms with van der Waals surface area (Å²) in [5.41, 5.74) is 1.64. The first-order valence-electron chi connectivity index (χ1n) is 5.98. The standard InChI is InChI=1S/C14H16O3S/c1-2-17-14(16)12-11(8-15)9-18-13(12)10-6-4-3-5-7-10/h3-7,11,15H,2,8-9H2,1H3. The third-order valence-corrected chi connectivity index (χ3v) is 4.15. The molecule has 18 heavy (non-hydrogen) atoms. The second-order valence-corrected chi connectivity index (χ2v) is 5.05. The minimum absolute atomic E-state index is 0.0164. The average Bonchev–Trinajstić information content (AvgIpc) is 2.84. The van der Waals surface area contributed by atoms with Crippen molar-refractivity contribution in [2.75, 3.05) is 19.0 Å². The largest absolute Gasteiger partial charge is 0.463 e. The van der Waals surface area contributed by atoms with Crippen LogP contribution in [0.15, 0.2) is 35.9 Å². The zero-order valence-corrected chi connectivity index (χ0v) is 11.1. The molecule has 0 fully saturated rings. The number of ether oxygens (including phenoxy) is 1. The van der Waals surface area contributed by atoms with Crippen molar-refractivity contribution in [3.8, 4) is 0 Å². The molecule has 0 bridgehead atoms. The Bertz CT molecular complexity index is 453. The zero-order chi connectivity index (χ0) is 13.0. The minimum Gasteiger partial charge on any atom is -0.463 e. The first kappa shape index (κ1) is 13.2. The lowest BCUT2D eigenvalue weighted by Gasteiger charge is -2.11. The van der Waals surface area contributed by atoms with Gasteiger partial charge in [-0.3, -0.25) is 0 Å². The summed E-state index contributed by atoms with van der Waals surface area (Å²) < 4.78 is 5.09. The van der Waals surface area contributed by atoms with Gasteiger partial charge in [-0.15, -0.1) is 11.8 Å². The van der Waals surface area contributed by atoms with Crippen LogP contribution in [0.3, 0.4) is 0 Å². The maximum atomic E-state index is 12.0. The van der Waals surface area contributed by atoms with Crippen molar-refractivity contribution in [1.29, 1.82) is 0 Å². The van der Waals surface area contributed by atoms with Gasteiger partial charge in [-0.25, -0.2) is 4.79 Å². The molecule has 0 radical (unpaired) electrons. The lowest BCUT2D eigenvalue weighted by atomic mass is 9.99. The summed E-state index contributed by atoms with van der Waals surface area (Å²) in [7, 11) is 0. The molecule has 1 unspecified atom stereocenters. The van der Waals surface area contributed by atoms with Gasteiger partial charge < -0.3 is 9.84 Å². The van der Waals surface area contributed by atoms with Crippen LogP contribution in [-0.2, 0) is 9.53 Å². The second kappa shape index (κ2) is 6.07. The van der Waals surface area contributed by atoms with Gasteiger partial charge in [-0.05, 0) is 12.5 Å². The fourth-order valence-corrected chi connectivity index (χ4v) is 3.32. The molecule has 1 aliphatic rings. The summed E-state index contributed by atoms with van der Waals surface area (Å²) in [6.07, 6.45) is 0. The van der Waals surface area contributed by atoms with E-state index in [2.05, 4.69) is 0 Å². The normalized spacial score (nSPS) is 19.1. The van der Waals surface area contributed by atoms with E-state index in [-0.39, 0.29) is 18.5 Å². The molecular formula is C14H16O3S. The fourth-order valence-electron chi connectivity index (χ4n) is 1.97. The molecule has 1 N–H and O–H groups in total. The molecule has 0 spiro atoms. The Kier molecular flexibility index (Phi) is 4.44. The third-order valence-electron chi connectivity index (χ3n) is 2.83. The molecule has 2 rings (SSSR count). The summed E-state index contributed by atoms with van der Waals surface area (Å²) in [5, 5.41) is 9.36. The van der Waals surface area contributed by atoms with Crippen LogP contribution in [0.4, 0.5) is 0 Å². The van der Waals surface area contributed by atoms with Crippen LogP contribution in [0.25, 0.3) is 4.91 Å².